The number of halogens is 3. The van der Waals surface area contributed by atoms with Crippen molar-refractivity contribution in [2.45, 2.75) is 51.8 Å². The molecule has 0 aliphatic carbocycles. The molecule has 5 nitrogen and oxygen atoms in total. The van der Waals surface area contributed by atoms with Crippen LogP contribution in [0.3, 0.4) is 0 Å². The summed E-state index contributed by atoms with van der Waals surface area (Å²) >= 11 is 0. The molecule has 0 saturated carbocycles. The maximum atomic E-state index is 11.9. The van der Waals surface area contributed by atoms with Crippen LogP contribution in [0.2, 0.25) is 0 Å². The number of alkyl halides is 3. The van der Waals surface area contributed by atoms with Gasteiger partial charge in [0.25, 0.3) is 0 Å². The maximum absolute atomic E-state index is 11.9. The lowest BCUT2D eigenvalue weighted by atomic mass is 9.82. The van der Waals surface area contributed by atoms with Crippen molar-refractivity contribution in [3.05, 3.63) is 12.4 Å². The van der Waals surface area contributed by atoms with Gasteiger partial charge in [0.1, 0.15) is 0 Å². The summed E-state index contributed by atoms with van der Waals surface area (Å²) in [5, 5.41) is 3.99. The van der Waals surface area contributed by atoms with Crippen LogP contribution >= 0.6 is 0 Å². The maximum Gasteiger partial charge on any atom is 0.522 e. The number of aromatic nitrogens is 2. The Morgan fingerprint density at radius 2 is 1.81 bits per heavy atom. The summed E-state index contributed by atoms with van der Waals surface area (Å²) in [7, 11) is -0.577. The molecule has 118 valence electrons. The molecule has 0 spiro atoms. The predicted octanol–water partition coefficient (Wildman–Crippen LogP) is 1.72. The van der Waals surface area contributed by atoms with Crippen molar-refractivity contribution in [2.75, 3.05) is 6.61 Å². The molecular weight excluding hydrogens is 288 g/mol. The van der Waals surface area contributed by atoms with Crippen LogP contribution in [-0.2, 0) is 20.6 Å². The lowest BCUT2D eigenvalue weighted by molar-refractivity contribution is -0.325. The molecule has 0 atom stereocenters. The Balaban J connectivity index is 1.95. The minimum absolute atomic E-state index is 0.000976. The number of rotatable bonds is 4. The lowest BCUT2D eigenvalue weighted by Gasteiger charge is -2.32. The zero-order valence-corrected chi connectivity index (χ0v) is 12.4. The van der Waals surface area contributed by atoms with E-state index >= 15 is 0 Å². The molecule has 0 radical (unpaired) electrons. The molecular formula is C12H18BF3N2O3. The van der Waals surface area contributed by atoms with Crippen LogP contribution in [0.25, 0.3) is 0 Å². The molecule has 0 bridgehead atoms. The van der Waals surface area contributed by atoms with Crippen LogP contribution in [0, 0.1) is 0 Å². The second-order valence-electron chi connectivity index (χ2n) is 5.92. The molecule has 21 heavy (non-hydrogen) atoms. The molecule has 1 aliphatic rings. The van der Waals surface area contributed by atoms with Gasteiger partial charge in [0.2, 0.25) is 0 Å². The minimum Gasteiger partial charge on any atom is -0.399 e. The number of ether oxygens (including phenoxy) is 1. The molecule has 2 rings (SSSR count). The fourth-order valence-corrected chi connectivity index (χ4v) is 1.86. The van der Waals surface area contributed by atoms with Gasteiger partial charge in [0.05, 0.1) is 24.4 Å². The molecule has 1 aromatic heterocycles. The Morgan fingerprint density at radius 3 is 2.33 bits per heavy atom. The standard InChI is InChI=1S/C12H18BF3N2O3/c1-10(2)11(3,4)21-13(20-10)9-7-17-18(8-9)5-6-19-12(14,15)16/h7-8H,5-6H2,1-4H3. The average molecular weight is 306 g/mol. The van der Waals surface area contributed by atoms with Crippen molar-refractivity contribution >= 4 is 12.6 Å². The Hall–Kier alpha value is -1.06. The second-order valence-corrected chi connectivity index (χ2v) is 5.92. The van der Waals surface area contributed by atoms with Crippen molar-refractivity contribution in [1.29, 1.82) is 0 Å². The highest BCUT2D eigenvalue weighted by molar-refractivity contribution is 6.61. The summed E-state index contributed by atoms with van der Waals surface area (Å²) < 4.78 is 52.4. The van der Waals surface area contributed by atoms with Crippen LogP contribution in [-0.4, -0.2) is 41.1 Å². The van der Waals surface area contributed by atoms with Crippen LogP contribution < -0.4 is 5.46 Å². The van der Waals surface area contributed by atoms with Gasteiger partial charge in [-0.25, -0.2) is 0 Å². The summed E-state index contributed by atoms with van der Waals surface area (Å²) in [6.07, 6.45) is -1.50. The van der Waals surface area contributed by atoms with Gasteiger partial charge in [-0.2, -0.15) is 5.10 Å². The van der Waals surface area contributed by atoms with Gasteiger partial charge in [0, 0.05) is 17.9 Å². The van der Waals surface area contributed by atoms with Gasteiger partial charge < -0.3 is 9.31 Å². The highest BCUT2D eigenvalue weighted by Gasteiger charge is 2.52. The van der Waals surface area contributed by atoms with Crippen molar-refractivity contribution in [3.63, 3.8) is 0 Å². The molecule has 0 aromatic carbocycles. The fourth-order valence-electron chi connectivity index (χ4n) is 1.86. The van der Waals surface area contributed by atoms with Gasteiger partial charge in [-0.15, -0.1) is 13.2 Å². The normalized spacial score (nSPS) is 21.0. The highest BCUT2D eigenvalue weighted by Crippen LogP contribution is 2.36. The van der Waals surface area contributed by atoms with Crippen molar-refractivity contribution in [3.8, 4) is 0 Å². The third-order valence-electron chi connectivity index (χ3n) is 3.76. The quantitative estimate of drug-likeness (QED) is 0.795. The van der Waals surface area contributed by atoms with Gasteiger partial charge in [-0.1, -0.05) is 0 Å². The van der Waals surface area contributed by atoms with E-state index in [1.165, 1.54) is 10.9 Å². The van der Waals surface area contributed by atoms with E-state index < -0.39 is 31.3 Å². The molecule has 1 aliphatic heterocycles. The first-order valence-electron chi connectivity index (χ1n) is 6.59. The molecule has 0 N–H and O–H groups in total. The third-order valence-corrected chi connectivity index (χ3v) is 3.76. The van der Waals surface area contributed by atoms with E-state index in [9.17, 15) is 13.2 Å². The van der Waals surface area contributed by atoms with E-state index in [4.69, 9.17) is 9.31 Å². The monoisotopic (exact) mass is 306 g/mol. The zero-order chi connectivity index (χ0) is 15.9. The van der Waals surface area contributed by atoms with Gasteiger partial charge in [-0.05, 0) is 27.7 Å². The number of nitrogens with zero attached hydrogens (tertiary/aromatic N) is 2. The number of hydrogen-bond donors (Lipinski definition) is 0. The van der Waals surface area contributed by atoms with E-state index in [1.807, 2.05) is 27.7 Å². The molecule has 1 saturated heterocycles. The third kappa shape index (κ3) is 3.78. The van der Waals surface area contributed by atoms with Crippen LogP contribution in [0.5, 0.6) is 0 Å². The molecule has 2 heterocycles. The molecule has 0 unspecified atom stereocenters. The van der Waals surface area contributed by atoms with Crippen molar-refractivity contribution in [1.82, 2.24) is 9.78 Å². The van der Waals surface area contributed by atoms with E-state index in [1.54, 1.807) is 6.20 Å². The Bertz CT molecular complexity index is 486. The molecule has 9 heteroatoms. The summed E-state index contributed by atoms with van der Waals surface area (Å²) in [6, 6.07) is 0. The lowest BCUT2D eigenvalue weighted by Crippen LogP contribution is -2.41. The second kappa shape index (κ2) is 5.29. The van der Waals surface area contributed by atoms with E-state index in [2.05, 4.69) is 9.84 Å². The minimum atomic E-state index is -4.62. The van der Waals surface area contributed by atoms with E-state index in [0.29, 0.717) is 5.46 Å². The van der Waals surface area contributed by atoms with Gasteiger partial charge in [-0.3, -0.25) is 9.42 Å². The summed E-state index contributed by atoms with van der Waals surface area (Å²) in [6.45, 7) is 7.21. The SMILES string of the molecule is CC1(C)OB(c2cnn(CCOC(F)(F)F)c2)OC1(C)C. The average Bonchev–Trinajstić information content (AvgIpc) is 2.81. The van der Waals surface area contributed by atoms with E-state index in [0.717, 1.165) is 0 Å². The topological polar surface area (TPSA) is 45.5 Å². The highest BCUT2D eigenvalue weighted by atomic mass is 19.4. The molecule has 0 amide bonds. The van der Waals surface area contributed by atoms with Crippen molar-refractivity contribution < 1.29 is 27.2 Å². The first kappa shape index (κ1) is 16.3. The Morgan fingerprint density at radius 1 is 1.24 bits per heavy atom. The molecule has 1 aromatic rings. The van der Waals surface area contributed by atoms with Gasteiger partial charge in [0.15, 0.2) is 0 Å². The van der Waals surface area contributed by atoms with Crippen LogP contribution in [0.15, 0.2) is 12.4 Å². The summed E-state index contributed by atoms with van der Waals surface area (Å²) in [5.41, 5.74) is -0.279. The Labute approximate surface area is 121 Å². The van der Waals surface area contributed by atoms with Crippen LogP contribution in [0.4, 0.5) is 13.2 Å². The summed E-state index contributed by atoms with van der Waals surface area (Å²) in [5.74, 6) is 0. The zero-order valence-electron chi connectivity index (χ0n) is 12.4. The molecule has 1 fully saturated rings. The smallest absolute Gasteiger partial charge is 0.399 e. The van der Waals surface area contributed by atoms with E-state index in [-0.39, 0.29) is 6.54 Å². The number of hydrogen-bond acceptors (Lipinski definition) is 4. The van der Waals surface area contributed by atoms with Gasteiger partial charge >= 0.3 is 13.5 Å². The first-order chi connectivity index (χ1) is 9.50. The van der Waals surface area contributed by atoms with Crippen molar-refractivity contribution in [2.24, 2.45) is 0 Å². The largest absolute Gasteiger partial charge is 0.522 e. The van der Waals surface area contributed by atoms with Crippen LogP contribution in [0.1, 0.15) is 27.7 Å². The first-order valence-corrected chi connectivity index (χ1v) is 6.59. The fraction of sp³-hybridized carbons (Fsp3) is 0.750. The summed E-state index contributed by atoms with van der Waals surface area (Å²) in [4.78, 5) is 0. The Kier molecular flexibility index (Phi) is 4.11. The predicted molar refractivity (Wildman–Crippen MR) is 70.0 cm³/mol.